The molecule has 0 saturated carbocycles. The Morgan fingerprint density at radius 2 is 1.36 bits per heavy atom. The average molecular weight is 511 g/mol. The van der Waals surface area contributed by atoms with Crippen LogP contribution < -0.4 is 51.4 Å². The van der Waals surface area contributed by atoms with Crippen molar-refractivity contribution in [3.63, 3.8) is 0 Å². The van der Waals surface area contributed by atoms with Gasteiger partial charge in [-0.15, -0.1) is 0 Å². The van der Waals surface area contributed by atoms with E-state index in [0.717, 1.165) is 0 Å². The van der Waals surface area contributed by atoms with Crippen LogP contribution in [0.4, 0.5) is 0 Å². The van der Waals surface area contributed by atoms with Crippen molar-refractivity contribution < 1.29 is 84.2 Å². The largest absolute Gasteiger partial charge is 1.00 e. The topological polar surface area (TPSA) is 129 Å². The van der Waals surface area contributed by atoms with E-state index in [1.165, 1.54) is 89.0 Å². The normalized spacial score (nSPS) is 11.6. The maximum atomic E-state index is 10.2. The van der Waals surface area contributed by atoms with Crippen LogP contribution in [0.25, 0.3) is 0 Å². The standard InChI is InChI=1S/C20H33.C4H6O7S.K/c1-2-3-4-5-6-7-8-9-10-11-12-14-17-20-18-15-13-16-19-20;5-3(6)1-2(4(7)8)12(9,10)11;/h13,15-16,18H,2-12,14,17H2,1H3;2H,1H2,(H,5,6)(H,7,8)(H,9,10,11);/q-1;;+1. The van der Waals surface area contributed by atoms with Crippen molar-refractivity contribution in [1.82, 2.24) is 0 Å². The van der Waals surface area contributed by atoms with Gasteiger partial charge in [-0.25, -0.2) is 0 Å². The third-order valence-electron chi connectivity index (χ3n) is 5.07. The average Bonchev–Trinajstić information content (AvgIpc) is 2.73. The molecule has 1 aromatic carbocycles. The third kappa shape index (κ3) is 21.9. The van der Waals surface area contributed by atoms with Crippen molar-refractivity contribution in [2.75, 3.05) is 0 Å². The molecule has 0 spiro atoms. The maximum absolute atomic E-state index is 10.2. The number of benzene rings is 1. The molecule has 0 fully saturated rings. The van der Waals surface area contributed by atoms with Gasteiger partial charge in [-0.2, -0.15) is 44.3 Å². The zero-order chi connectivity index (χ0) is 24.2. The van der Waals surface area contributed by atoms with Gasteiger partial charge in [-0.05, 0) is 0 Å². The Morgan fingerprint density at radius 1 is 0.879 bits per heavy atom. The van der Waals surface area contributed by atoms with Crippen molar-refractivity contribution in [3.05, 3.63) is 35.9 Å². The van der Waals surface area contributed by atoms with Crippen molar-refractivity contribution in [3.8, 4) is 0 Å². The fraction of sp³-hybridized carbons (Fsp3) is 0.667. The molecule has 1 rings (SSSR count). The second kappa shape index (κ2) is 22.2. The molecular weight excluding hydrogens is 471 g/mol. The van der Waals surface area contributed by atoms with Crippen LogP contribution in [-0.4, -0.2) is 40.4 Å². The molecule has 0 bridgehead atoms. The molecule has 0 aromatic heterocycles. The summed E-state index contributed by atoms with van der Waals surface area (Å²) in [6.07, 6.45) is 17.2. The second-order valence-corrected chi connectivity index (χ2v) is 9.57. The van der Waals surface area contributed by atoms with E-state index in [-0.39, 0.29) is 51.4 Å². The van der Waals surface area contributed by atoms with Gasteiger partial charge in [0.15, 0.2) is 5.25 Å². The molecule has 0 amide bonds. The molecule has 0 heterocycles. The summed E-state index contributed by atoms with van der Waals surface area (Å²) in [4.78, 5) is 20.0. The van der Waals surface area contributed by atoms with Crippen LogP contribution >= 0.6 is 0 Å². The molecule has 184 valence electrons. The van der Waals surface area contributed by atoms with Gasteiger partial charge >= 0.3 is 63.3 Å². The quantitative estimate of drug-likeness (QED) is 0.127. The van der Waals surface area contributed by atoms with E-state index >= 15 is 0 Å². The molecule has 3 N–H and O–H groups in total. The smallest absolute Gasteiger partial charge is 0.481 e. The minimum atomic E-state index is -4.84. The fourth-order valence-corrected chi connectivity index (χ4v) is 3.83. The minimum Gasteiger partial charge on any atom is -0.481 e. The van der Waals surface area contributed by atoms with Gasteiger partial charge in [0.2, 0.25) is 0 Å². The Labute approximate surface area is 241 Å². The summed E-state index contributed by atoms with van der Waals surface area (Å²) >= 11 is 0. The SMILES string of the molecule is CCCCCCCCCCCCCCc1[c-]cccc1.O=C(O)CC(C(=O)O)S(=O)(=O)O.[K+]. The summed E-state index contributed by atoms with van der Waals surface area (Å²) in [6, 6.07) is 11.7. The Hall–Kier alpha value is -0.294. The molecule has 1 aromatic rings. The summed E-state index contributed by atoms with van der Waals surface area (Å²) < 4.78 is 28.7. The van der Waals surface area contributed by atoms with Crippen molar-refractivity contribution in [2.45, 2.75) is 102 Å². The molecule has 9 heteroatoms. The van der Waals surface area contributed by atoms with Gasteiger partial charge in [0, 0.05) is 0 Å². The van der Waals surface area contributed by atoms with E-state index in [1.54, 1.807) is 0 Å². The van der Waals surface area contributed by atoms with E-state index in [9.17, 15) is 18.0 Å². The minimum absolute atomic E-state index is 0. The van der Waals surface area contributed by atoms with Gasteiger partial charge < -0.3 is 10.2 Å². The number of hydrogen-bond acceptors (Lipinski definition) is 4. The van der Waals surface area contributed by atoms with Crippen LogP contribution in [0.15, 0.2) is 24.3 Å². The van der Waals surface area contributed by atoms with Crippen LogP contribution in [0.3, 0.4) is 0 Å². The van der Waals surface area contributed by atoms with Crippen molar-refractivity contribution in [2.24, 2.45) is 0 Å². The Morgan fingerprint density at radius 3 is 1.70 bits per heavy atom. The van der Waals surface area contributed by atoms with Gasteiger partial charge in [0.05, 0.1) is 6.42 Å². The second-order valence-electron chi connectivity index (χ2n) is 7.97. The predicted octanol–water partition coefficient (Wildman–Crippen LogP) is 2.54. The summed E-state index contributed by atoms with van der Waals surface area (Å²) in [7, 11) is -4.84. The summed E-state index contributed by atoms with van der Waals surface area (Å²) in [6.45, 7) is 2.29. The molecular formula is C24H39KO7S. The Bertz CT molecular complexity index is 724. The van der Waals surface area contributed by atoms with Gasteiger partial charge in [0.1, 0.15) is 0 Å². The molecule has 0 radical (unpaired) electrons. The van der Waals surface area contributed by atoms with Gasteiger partial charge in [-0.1, -0.05) is 90.4 Å². The van der Waals surface area contributed by atoms with Crippen LogP contribution in [-0.2, 0) is 26.1 Å². The van der Waals surface area contributed by atoms with Crippen LogP contribution in [0.1, 0.15) is 96.0 Å². The van der Waals surface area contributed by atoms with E-state index in [2.05, 4.69) is 25.1 Å². The first kappa shape index (κ1) is 34.9. The summed E-state index contributed by atoms with van der Waals surface area (Å²) in [5, 5.41) is 13.9. The molecule has 7 nitrogen and oxygen atoms in total. The molecule has 0 saturated heterocycles. The third-order valence-corrected chi connectivity index (χ3v) is 6.16. The van der Waals surface area contributed by atoms with Crippen LogP contribution in [0.2, 0.25) is 0 Å². The molecule has 0 aliphatic heterocycles. The zero-order valence-corrected chi connectivity index (χ0v) is 24.1. The molecule has 33 heavy (non-hydrogen) atoms. The zero-order valence-electron chi connectivity index (χ0n) is 20.2. The number of unbranched alkanes of at least 4 members (excludes halogenated alkanes) is 11. The molecule has 0 aliphatic carbocycles. The number of rotatable bonds is 17. The number of carbonyl (C=O) groups is 2. The van der Waals surface area contributed by atoms with Crippen LogP contribution in [0, 0.1) is 6.07 Å². The number of aryl methyl sites for hydroxylation is 1. The number of hydrogen-bond donors (Lipinski definition) is 3. The maximum Gasteiger partial charge on any atom is 1.00 e. The molecule has 1 atom stereocenters. The van der Waals surface area contributed by atoms with E-state index in [0.29, 0.717) is 0 Å². The Balaban J connectivity index is 0. The van der Waals surface area contributed by atoms with Crippen molar-refractivity contribution >= 4 is 22.1 Å². The van der Waals surface area contributed by atoms with Crippen LogP contribution in [0.5, 0.6) is 0 Å². The fourth-order valence-electron chi connectivity index (χ4n) is 3.22. The van der Waals surface area contributed by atoms with E-state index in [4.69, 9.17) is 14.8 Å². The predicted molar refractivity (Wildman–Crippen MR) is 125 cm³/mol. The van der Waals surface area contributed by atoms with Gasteiger partial charge in [-0.3, -0.25) is 14.1 Å². The number of aliphatic carboxylic acids is 2. The first-order chi connectivity index (χ1) is 15.2. The van der Waals surface area contributed by atoms with Gasteiger partial charge in [0.25, 0.3) is 10.1 Å². The summed E-state index contributed by atoms with van der Waals surface area (Å²) in [5.74, 6) is -3.50. The molecule has 1 unspecified atom stereocenters. The number of carboxylic acid groups (broad SMARTS) is 2. The number of carboxylic acids is 2. The van der Waals surface area contributed by atoms with E-state index < -0.39 is 33.7 Å². The first-order valence-electron chi connectivity index (χ1n) is 11.5. The first-order valence-corrected chi connectivity index (χ1v) is 13.0. The van der Waals surface area contributed by atoms with Crippen molar-refractivity contribution in [1.29, 1.82) is 0 Å². The monoisotopic (exact) mass is 510 g/mol. The molecule has 0 aliphatic rings. The van der Waals surface area contributed by atoms with E-state index in [1.807, 2.05) is 12.1 Å². The summed E-state index contributed by atoms with van der Waals surface area (Å²) in [5.41, 5.74) is 1.37. The Kier molecular flexibility index (Phi) is 23.4.